The van der Waals surface area contributed by atoms with Crippen molar-refractivity contribution in [3.8, 4) is 0 Å². The molecular weight excluding hydrogens is 488 g/mol. The molecule has 38 heavy (non-hydrogen) atoms. The van der Waals surface area contributed by atoms with Gasteiger partial charge in [0, 0.05) is 39.4 Å². The maximum absolute atomic E-state index is 14.0. The first-order chi connectivity index (χ1) is 17.9. The van der Waals surface area contributed by atoms with Crippen LogP contribution in [-0.4, -0.2) is 81.9 Å². The van der Waals surface area contributed by atoms with Crippen LogP contribution in [0.4, 0.5) is 4.79 Å². The van der Waals surface area contributed by atoms with Gasteiger partial charge in [-0.3, -0.25) is 9.59 Å². The lowest BCUT2D eigenvalue weighted by Crippen LogP contribution is -2.57. The van der Waals surface area contributed by atoms with Crippen LogP contribution in [0.5, 0.6) is 0 Å². The molecule has 3 rings (SSSR count). The Morgan fingerprint density at radius 3 is 2.50 bits per heavy atom. The summed E-state index contributed by atoms with van der Waals surface area (Å²) in [5, 5.41) is 13.2. The molecule has 0 spiro atoms. The number of carbonyl (C=O) groups is 3. The number of ether oxygens (including phenoxy) is 2. The van der Waals surface area contributed by atoms with Crippen LogP contribution < -0.4 is 5.32 Å². The number of aliphatic carboxylic acids is 1. The number of hydrogen-bond acceptors (Lipinski definition) is 7. The van der Waals surface area contributed by atoms with Gasteiger partial charge in [0.25, 0.3) is 0 Å². The number of amides is 1. The number of carbonyl (C=O) groups excluding carboxylic acids is 2. The lowest BCUT2D eigenvalue weighted by atomic mass is 9.91. The number of rotatable bonds is 11. The number of carboxylic acids is 1. The Morgan fingerprint density at radius 2 is 1.87 bits per heavy atom. The fraction of sp³-hybridized carbons (Fsp3) is 0.643. The van der Waals surface area contributed by atoms with Crippen molar-refractivity contribution in [2.75, 3.05) is 26.8 Å². The van der Waals surface area contributed by atoms with E-state index >= 15 is 0 Å². The normalized spacial score (nSPS) is 19.1. The first kappa shape index (κ1) is 29.6. The minimum absolute atomic E-state index is 0.0694. The molecule has 3 unspecified atom stereocenters. The van der Waals surface area contributed by atoms with E-state index in [0.717, 1.165) is 23.9 Å². The third kappa shape index (κ3) is 7.54. The van der Waals surface area contributed by atoms with Gasteiger partial charge in [-0.1, -0.05) is 26.0 Å². The van der Waals surface area contributed by atoms with Gasteiger partial charge in [0.05, 0.1) is 23.0 Å². The van der Waals surface area contributed by atoms with E-state index in [1.807, 2.05) is 42.7 Å². The van der Waals surface area contributed by atoms with Crippen LogP contribution in [-0.2, 0) is 20.8 Å². The number of carboxylic acid groups (broad SMARTS) is 1. The second-order valence-corrected chi connectivity index (χ2v) is 11.4. The van der Waals surface area contributed by atoms with Gasteiger partial charge in [-0.25, -0.2) is 9.78 Å². The molecule has 210 valence electrons. The van der Waals surface area contributed by atoms with Gasteiger partial charge in [0.2, 0.25) is 5.78 Å². The molecule has 1 amide bonds. The van der Waals surface area contributed by atoms with Crippen molar-refractivity contribution < 1.29 is 29.0 Å². The fourth-order valence-electron chi connectivity index (χ4n) is 4.84. The van der Waals surface area contributed by atoms with Crippen molar-refractivity contribution in [3.63, 3.8) is 0 Å². The Bertz CT molecular complexity index is 1120. The molecule has 3 atom stereocenters. The number of ketones is 1. The van der Waals surface area contributed by atoms with Gasteiger partial charge in [-0.2, -0.15) is 0 Å². The number of para-hydroxylation sites is 2. The number of hydrogen-bond donors (Lipinski definition) is 2. The maximum Gasteiger partial charge on any atom is 0.410 e. The summed E-state index contributed by atoms with van der Waals surface area (Å²) in [4.78, 5) is 44.8. The Hall–Kier alpha value is -2.98. The molecule has 2 heterocycles. The predicted octanol–water partition coefficient (Wildman–Crippen LogP) is 3.97. The number of benzene rings is 1. The third-order valence-corrected chi connectivity index (χ3v) is 6.67. The summed E-state index contributed by atoms with van der Waals surface area (Å²) in [6, 6.07) is 6.69. The summed E-state index contributed by atoms with van der Waals surface area (Å²) in [5.41, 5.74) is 0.954. The molecule has 2 N–H and O–H groups in total. The van der Waals surface area contributed by atoms with Crippen LogP contribution in [0.2, 0.25) is 0 Å². The highest BCUT2D eigenvalue weighted by atomic mass is 16.6. The van der Waals surface area contributed by atoms with Crippen LogP contribution in [0.1, 0.15) is 64.5 Å². The standard InChI is InChI=1S/C28H42N4O6/c1-18(2)23(29-20-15-19(26(34)35)16-31(17-20)27(36)38-28(3,4)5)24(33)25-30-21-11-7-8-12-22(21)32(25)13-9-10-14-37-6/h7-8,11-12,18-20,23,29H,9-10,13-17H2,1-6H3,(H,34,35). The number of nitrogens with zero attached hydrogens (tertiary/aromatic N) is 3. The highest BCUT2D eigenvalue weighted by Gasteiger charge is 2.38. The van der Waals surface area contributed by atoms with Gasteiger partial charge in [0.15, 0.2) is 5.82 Å². The Labute approximate surface area is 224 Å². The molecule has 10 nitrogen and oxygen atoms in total. The molecule has 2 aromatic rings. The molecule has 1 aliphatic rings. The SMILES string of the molecule is COCCCCn1c(C(=O)C(NC2CC(C(=O)O)CN(C(=O)OC(C)(C)C)C2)C(C)C)nc2ccccc21. The number of piperidine rings is 1. The minimum Gasteiger partial charge on any atom is -0.481 e. The number of Topliss-reactive ketones (excluding diaryl/α,β-unsaturated/α-hetero) is 1. The highest BCUT2D eigenvalue weighted by molar-refractivity contribution is 6.00. The van der Waals surface area contributed by atoms with E-state index in [9.17, 15) is 19.5 Å². The number of aryl methyl sites for hydroxylation is 1. The Morgan fingerprint density at radius 1 is 1.16 bits per heavy atom. The zero-order valence-electron chi connectivity index (χ0n) is 23.4. The number of fused-ring (bicyclic) bond motifs is 1. The topological polar surface area (TPSA) is 123 Å². The van der Waals surface area contributed by atoms with Crippen molar-refractivity contribution in [1.29, 1.82) is 0 Å². The monoisotopic (exact) mass is 530 g/mol. The Kier molecular flexibility index (Phi) is 9.89. The van der Waals surface area contributed by atoms with Gasteiger partial charge >= 0.3 is 12.1 Å². The van der Waals surface area contributed by atoms with Gasteiger partial charge < -0.3 is 29.4 Å². The summed E-state index contributed by atoms with van der Waals surface area (Å²) in [7, 11) is 1.67. The zero-order valence-corrected chi connectivity index (χ0v) is 23.4. The van der Waals surface area contributed by atoms with E-state index in [1.54, 1.807) is 27.9 Å². The summed E-state index contributed by atoms with van der Waals surface area (Å²) in [6.07, 6.45) is 1.45. The molecule has 1 aromatic heterocycles. The minimum atomic E-state index is -0.977. The van der Waals surface area contributed by atoms with E-state index in [-0.39, 0.29) is 24.8 Å². The highest BCUT2D eigenvalue weighted by Crippen LogP contribution is 2.24. The number of imidazole rings is 1. The maximum atomic E-state index is 14.0. The molecule has 1 aliphatic heterocycles. The average molecular weight is 531 g/mol. The first-order valence-electron chi connectivity index (χ1n) is 13.4. The quantitative estimate of drug-likeness (QED) is 0.331. The molecule has 10 heteroatoms. The number of aromatic nitrogens is 2. The molecule has 1 fully saturated rings. The second kappa shape index (κ2) is 12.7. The summed E-state index contributed by atoms with van der Waals surface area (Å²) >= 11 is 0. The number of methoxy groups -OCH3 is 1. The van der Waals surface area contributed by atoms with E-state index in [4.69, 9.17) is 14.5 Å². The fourth-order valence-corrected chi connectivity index (χ4v) is 4.84. The van der Waals surface area contributed by atoms with Crippen molar-refractivity contribution in [3.05, 3.63) is 30.1 Å². The van der Waals surface area contributed by atoms with Crippen molar-refractivity contribution in [1.82, 2.24) is 19.8 Å². The average Bonchev–Trinajstić information content (AvgIpc) is 3.22. The van der Waals surface area contributed by atoms with E-state index < -0.39 is 35.7 Å². The number of likely N-dealkylation sites (tertiary alicyclic amines) is 1. The molecule has 0 bridgehead atoms. The van der Waals surface area contributed by atoms with Crippen LogP contribution in [0, 0.1) is 11.8 Å². The largest absolute Gasteiger partial charge is 0.481 e. The first-order valence-corrected chi connectivity index (χ1v) is 13.4. The molecule has 1 aromatic carbocycles. The molecule has 0 saturated carbocycles. The van der Waals surface area contributed by atoms with Crippen LogP contribution >= 0.6 is 0 Å². The summed E-state index contributed by atoms with van der Waals surface area (Å²) in [5.74, 6) is -1.60. The molecular formula is C28H42N4O6. The molecule has 0 radical (unpaired) electrons. The van der Waals surface area contributed by atoms with Crippen molar-refractivity contribution in [2.24, 2.45) is 11.8 Å². The summed E-state index contributed by atoms with van der Waals surface area (Å²) < 4.78 is 12.7. The molecule has 0 aliphatic carbocycles. The lowest BCUT2D eigenvalue weighted by molar-refractivity contribution is -0.143. The zero-order chi connectivity index (χ0) is 28.0. The molecule has 1 saturated heterocycles. The predicted molar refractivity (Wildman–Crippen MR) is 144 cm³/mol. The Balaban J connectivity index is 1.86. The number of unbranched alkanes of at least 4 members (excludes halogenated alkanes) is 1. The van der Waals surface area contributed by atoms with E-state index in [0.29, 0.717) is 25.4 Å². The van der Waals surface area contributed by atoms with E-state index in [2.05, 4.69) is 5.32 Å². The van der Waals surface area contributed by atoms with Crippen LogP contribution in [0.3, 0.4) is 0 Å². The number of nitrogens with one attached hydrogen (secondary N) is 1. The van der Waals surface area contributed by atoms with Gasteiger partial charge in [-0.05, 0) is 58.1 Å². The lowest BCUT2D eigenvalue weighted by Gasteiger charge is -2.39. The second-order valence-electron chi connectivity index (χ2n) is 11.4. The van der Waals surface area contributed by atoms with Gasteiger partial charge in [0.1, 0.15) is 5.60 Å². The van der Waals surface area contributed by atoms with Gasteiger partial charge in [-0.15, -0.1) is 0 Å². The smallest absolute Gasteiger partial charge is 0.410 e. The van der Waals surface area contributed by atoms with Crippen LogP contribution in [0.15, 0.2) is 24.3 Å². The third-order valence-electron chi connectivity index (χ3n) is 6.67. The van der Waals surface area contributed by atoms with Crippen molar-refractivity contribution >= 4 is 28.9 Å². The van der Waals surface area contributed by atoms with Crippen LogP contribution in [0.25, 0.3) is 11.0 Å². The van der Waals surface area contributed by atoms with E-state index in [1.165, 1.54) is 4.90 Å². The van der Waals surface area contributed by atoms with Crippen molar-refractivity contribution in [2.45, 2.75) is 78.1 Å². The summed E-state index contributed by atoms with van der Waals surface area (Å²) in [6.45, 7) is 10.8.